The molecule has 0 aromatic heterocycles. The lowest BCUT2D eigenvalue weighted by atomic mass is 9.71. The molecule has 2 heterocycles. The van der Waals surface area contributed by atoms with Crippen molar-refractivity contribution in [2.75, 3.05) is 32.7 Å². The number of halogens is 1. The van der Waals surface area contributed by atoms with Crippen LogP contribution in [0.1, 0.15) is 51.5 Å². The standard InChI is InChI=1S/C22H31ClN2/c1-21(2)8-7-18(20(13-21)17-3-5-19(23)6-4-17)14-25-11-9-22(10-12-25)15-24-16-22/h3-6,24H,7-16H2,1-2H3. The molecular weight excluding hydrogens is 328 g/mol. The lowest BCUT2D eigenvalue weighted by Gasteiger charge is -2.48. The number of rotatable bonds is 3. The van der Waals surface area contributed by atoms with E-state index in [1.165, 1.54) is 63.8 Å². The van der Waals surface area contributed by atoms with Gasteiger partial charge in [-0.1, -0.05) is 43.2 Å². The van der Waals surface area contributed by atoms with E-state index in [1.54, 1.807) is 11.1 Å². The Bertz CT molecular complexity index is 645. The number of allylic oxidation sites excluding steroid dienone is 1. The second kappa shape index (κ2) is 6.72. The molecule has 0 saturated carbocycles. The van der Waals surface area contributed by atoms with Gasteiger partial charge in [-0.2, -0.15) is 0 Å². The Morgan fingerprint density at radius 2 is 1.72 bits per heavy atom. The second-order valence-electron chi connectivity index (χ2n) is 9.31. The Balaban J connectivity index is 1.52. The van der Waals surface area contributed by atoms with Gasteiger partial charge in [0.2, 0.25) is 0 Å². The van der Waals surface area contributed by atoms with Crippen LogP contribution in [0.15, 0.2) is 29.8 Å². The van der Waals surface area contributed by atoms with E-state index in [2.05, 4.69) is 36.2 Å². The summed E-state index contributed by atoms with van der Waals surface area (Å²) < 4.78 is 0. The second-order valence-corrected chi connectivity index (χ2v) is 9.75. The van der Waals surface area contributed by atoms with Gasteiger partial charge in [0.05, 0.1) is 0 Å². The minimum Gasteiger partial charge on any atom is -0.316 e. The van der Waals surface area contributed by atoms with E-state index >= 15 is 0 Å². The highest BCUT2D eigenvalue weighted by Gasteiger charge is 2.39. The van der Waals surface area contributed by atoms with Crippen molar-refractivity contribution in [3.05, 3.63) is 40.4 Å². The Hall–Kier alpha value is -0.830. The third-order valence-corrected chi connectivity index (χ3v) is 6.96. The van der Waals surface area contributed by atoms with Crippen molar-refractivity contribution in [1.82, 2.24) is 10.2 Å². The number of nitrogens with zero attached hydrogens (tertiary/aromatic N) is 1. The third kappa shape index (κ3) is 3.82. The third-order valence-electron chi connectivity index (χ3n) is 6.71. The average molecular weight is 359 g/mol. The molecule has 0 unspecified atom stereocenters. The van der Waals surface area contributed by atoms with Crippen molar-refractivity contribution >= 4 is 17.2 Å². The maximum atomic E-state index is 6.12. The number of hydrogen-bond acceptors (Lipinski definition) is 2. The summed E-state index contributed by atoms with van der Waals surface area (Å²) in [5.41, 5.74) is 5.67. The van der Waals surface area contributed by atoms with E-state index in [0.29, 0.717) is 10.8 Å². The van der Waals surface area contributed by atoms with Crippen LogP contribution in [0.25, 0.3) is 5.57 Å². The van der Waals surface area contributed by atoms with Gasteiger partial charge in [0.25, 0.3) is 0 Å². The Morgan fingerprint density at radius 3 is 2.32 bits per heavy atom. The van der Waals surface area contributed by atoms with Gasteiger partial charge in [-0.15, -0.1) is 0 Å². The first-order valence-corrected chi connectivity index (χ1v) is 10.2. The zero-order valence-corrected chi connectivity index (χ0v) is 16.5. The average Bonchev–Trinajstić information content (AvgIpc) is 2.56. The zero-order chi connectivity index (χ0) is 17.5. The molecule has 25 heavy (non-hydrogen) atoms. The van der Waals surface area contributed by atoms with Crippen molar-refractivity contribution in [2.45, 2.75) is 46.0 Å². The predicted molar refractivity (Wildman–Crippen MR) is 107 cm³/mol. The summed E-state index contributed by atoms with van der Waals surface area (Å²) in [4.78, 5) is 2.70. The Morgan fingerprint density at radius 1 is 1.04 bits per heavy atom. The molecule has 1 aliphatic carbocycles. The molecule has 136 valence electrons. The quantitative estimate of drug-likeness (QED) is 0.818. The van der Waals surface area contributed by atoms with Crippen molar-refractivity contribution in [2.24, 2.45) is 10.8 Å². The molecule has 1 aromatic carbocycles. The fraction of sp³-hybridized carbons (Fsp3) is 0.636. The molecule has 0 amide bonds. The number of likely N-dealkylation sites (tertiary alicyclic amines) is 1. The highest BCUT2D eigenvalue weighted by molar-refractivity contribution is 6.30. The van der Waals surface area contributed by atoms with Crippen LogP contribution in [0.4, 0.5) is 0 Å². The smallest absolute Gasteiger partial charge is 0.0406 e. The fourth-order valence-electron chi connectivity index (χ4n) is 4.75. The number of nitrogens with one attached hydrogen (secondary N) is 1. The van der Waals surface area contributed by atoms with Crippen LogP contribution >= 0.6 is 11.6 Å². The molecule has 0 atom stereocenters. The van der Waals surface area contributed by atoms with Gasteiger partial charge in [-0.25, -0.2) is 0 Å². The van der Waals surface area contributed by atoms with Crippen molar-refractivity contribution in [3.8, 4) is 0 Å². The fourth-order valence-corrected chi connectivity index (χ4v) is 4.88. The number of hydrogen-bond donors (Lipinski definition) is 1. The maximum absolute atomic E-state index is 6.12. The summed E-state index contributed by atoms with van der Waals surface area (Å²) in [5.74, 6) is 0. The van der Waals surface area contributed by atoms with E-state index in [9.17, 15) is 0 Å². The van der Waals surface area contributed by atoms with E-state index in [-0.39, 0.29) is 0 Å². The Labute approximate surface area is 157 Å². The molecule has 1 spiro atoms. The van der Waals surface area contributed by atoms with Crippen LogP contribution in [0.5, 0.6) is 0 Å². The van der Waals surface area contributed by atoms with Crippen LogP contribution in [0, 0.1) is 10.8 Å². The first-order valence-electron chi connectivity index (χ1n) is 9.85. The topological polar surface area (TPSA) is 15.3 Å². The number of piperidine rings is 1. The predicted octanol–water partition coefficient (Wildman–Crippen LogP) is 4.99. The molecule has 3 aliphatic rings. The van der Waals surface area contributed by atoms with Gasteiger partial charge in [0, 0.05) is 24.7 Å². The molecule has 4 rings (SSSR count). The SMILES string of the molecule is CC1(C)CCC(CN2CCC3(CC2)CNC3)=C(c2ccc(Cl)cc2)C1. The summed E-state index contributed by atoms with van der Waals surface area (Å²) in [7, 11) is 0. The zero-order valence-electron chi connectivity index (χ0n) is 15.7. The normalized spacial score (nSPS) is 25.9. The Kier molecular flexibility index (Phi) is 4.72. The van der Waals surface area contributed by atoms with Crippen LogP contribution in [0.2, 0.25) is 5.02 Å². The van der Waals surface area contributed by atoms with Crippen LogP contribution in [0.3, 0.4) is 0 Å². The lowest BCUT2D eigenvalue weighted by molar-refractivity contribution is 0.0590. The van der Waals surface area contributed by atoms with E-state index < -0.39 is 0 Å². The largest absolute Gasteiger partial charge is 0.316 e. The summed E-state index contributed by atoms with van der Waals surface area (Å²) >= 11 is 6.12. The highest BCUT2D eigenvalue weighted by atomic mass is 35.5. The van der Waals surface area contributed by atoms with Crippen LogP contribution in [-0.4, -0.2) is 37.6 Å². The molecule has 2 fully saturated rings. The van der Waals surface area contributed by atoms with Crippen molar-refractivity contribution < 1.29 is 0 Å². The van der Waals surface area contributed by atoms with E-state index in [0.717, 1.165) is 11.6 Å². The summed E-state index contributed by atoms with van der Waals surface area (Å²) in [6.45, 7) is 11.0. The molecule has 1 N–H and O–H groups in total. The van der Waals surface area contributed by atoms with Gasteiger partial charge in [-0.3, -0.25) is 4.90 Å². The maximum Gasteiger partial charge on any atom is 0.0406 e. The minimum atomic E-state index is 0.405. The number of benzene rings is 1. The first-order chi connectivity index (χ1) is 11.9. The van der Waals surface area contributed by atoms with Gasteiger partial charge >= 0.3 is 0 Å². The van der Waals surface area contributed by atoms with E-state index in [4.69, 9.17) is 11.6 Å². The molecule has 1 aromatic rings. The molecule has 2 nitrogen and oxygen atoms in total. The highest BCUT2D eigenvalue weighted by Crippen LogP contribution is 2.44. The minimum absolute atomic E-state index is 0.405. The van der Waals surface area contributed by atoms with Crippen molar-refractivity contribution in [1.29, 1.82) is 0 Å². The van der Waals surface area contributed by atoms with Crippen LogP contribution in [-0.2, 0) is 0 Å². The molecule has 0 radical (unpaired) electrons. The molecular formula is C22H31ClN2. The van der Waals surface area contributed by atoms with Gasteiger partial charge < -0.3 is 5.32 Å². The van der Waals surface area contributed by atoms with Gasteiger partial charge in [0.15, 0.2) is 0 Å². The summed E-state index contributed by atoms with van der Waals surface area (Å²) in [5, 5.41) is 4.30. The molecule has 2 saturated heterocycles. The summed E-state index contributed by atoms with van der Waals surface area (Å²) in [6.07, 6.45) is 6.48. The van der Waals surface area contributed by atoms with Gasteiger partial charge in [-0.05, 0) is 79.3 Å². The molecule has 0 bridgehead atoms. The monoisotopic (exact) mass is 358 g/mol. The lowest BCUT2D eigenvalue weighted by Crippen LogP contribution is -2.58. The molecule has 2 aliphatic heterocycles. The molecule has 3 heteroatoms. The van der Waals surface area contributed by atoms with Gasteiger partial charge in [0.1, 0.15) is 0 Å². The summed E-state index contributed by atoms with van der Waals surface area (Å²) in [6, 6.07) is 8.50. The van der Waals surface area contributed by atoms with Crippen LogP contribution < -0.4 is 5.32 Å². The first kappa shape index (κ1) is 17.6. The van der Waals surface area contributed by atoms with E-state index in [1.807, 2.05) is 12.1 Å². The van der Waals surface area contributed by atoms with Crippen molar-refractivity contribution in [3.63, 3.8) is 0 Å².